The predicted molar refractivity (Wildman–Crippen MR) is 59.4 cm³/mol. The molecule has 0 radical (unpaired) electrons. The molecule has 1 aliphatic carbocycles. The van der Waals surface area contributed by atoms with Gasteiger partial charge in [0, 0.05) is 0 Å². The van der Waals surface area contributed by atoms with Crippen LogP contribution in [0.2, 0.25) is 0 Å². The first-order valence-corrected chi connectivity index (χ1v) is 4.80. The lowest BCUT2D eigenvalue weighted by molar-refractivity contribution is 0.516. The Morgan fingerprint density at radius 2 is 2.00 bits per heavy atom. The van der Waals surface area contributed by atoms with E-state index in [1.54, 1.807) is 0 Å². The van der Waals surface area contributed by atoms with Gasteiger partial charge in [-0.3, -0.25) is 0 Å². The monoisotopic (exact) mass is 175 g/mol. The lowest BCUT2D eigenvalue weighted by Gasteiger charge is -2.25. The quantitative estimate of drug-likeness (QED) is 0.487. The van der Waals surface area contributed by atoms with Crippen LogP contribution in [-0.4, -0.2) is 0 Å². The summed E-state index contributed by atoms with van der Waals surface area (Å²) in [4.78, 5) is 0. The summed E-state index contributed by atoms with van der Waals surface area (Å²) in [7, 11) is 0. The highest BCUT2D eigenvalue weighted by Crippen LogP contribution is 2.31. The molecule has 72 valence electrons. The largest absolute Gasteiger partial charge is 0.190 e. The number of hydrogen-bond acceptors (Lipinski definition) is 0. The normalized spacial score (nSPS) is 18.6. The van der Waals surface area contributed by atoms with Crippen LogP contribution in [0.5, 0.6) is 0 Å². The first kappa shape index (κ1) is 10.2. The van der Waals surface area contributed by atoms with Gasteiger partial charge in [-0.25, -0.2) is 0 Å². The molecule has 0 heteroatoms. The molecule has 1 rings (SSSR count). The van der Waals surface area contributed by atoms with E-state index in [2.05, 4.69) is 52.8 Å². The zero-order chi connectivity index (χ0) is 10.1. The van der Waals surface area contributed by atoms with E-state index in [1.807, 2.05) is 0 Å². The summed E-state index contributed by atoms with van der Waals surface area (Å²) in [6.07, 6.45) is 7.62. The molecular formula is C13H19-. The van der Waals surface area contributed by atoms with Gasteiger partial charge in [-0.05, 0) is 13.3 Å². The van der Waals surface area contributed by atoms with Crippen LogP contribution < -0.4 is 0 Å². The van der Waals surface area contributed by atoms with Crippen molar-refractivity contribution in [2.24, 2.45) is 5.41 Å². The standard InChI is InChI=1S/C13H19/c1-10-6-7-12(13(3,4)5)9-11(2)8-10/h6-7,9H,1,8H2,2-5H3/q-1. The average Bonchev–Trinajstić information content (AvgIpc) is 2.09. The van der Waals surface area contributed by atoms with Crippen LogP contribution in [0.25, 0.3) is 0 Å². The van der Waals surface area contributed by atoms with E-state index in [0.29, 0.717) is 0 Å². The third-order valence-corrected chi connectivity index (χ3v) is 2.27. The molecule has 0 bridgehead atoms. The van der Waals surface area contributed by atoms with E-state index in [9.17, 15) is 0 Å². The van der Waals surface area contributed by atoms with Gasteiger partial charge < -0.3 is 0 Å². The highest BCUT2D eigenvalue weighted by Gasteiger charge is 2.11. The predicted octanol–water partition coefficient (Wildman–Crippen LogP) is 4.07. The Balaban J connectivity index is 2.97. The van der Waals surface area contributed by atoms with Crippen molar-refractivity contribution in [3.05, 3.63) is 41.9 Å². The maximum atomic E-state index is 4.00. The third-order valence-electron chi connectivity index (χ3n) is 2.27. The fourth-order valence-electron chi connectivity index (χ4n) is 1.46. The van der Waals surface area contributed by atoms with Crippen molar-refractivity contribution < 1.29 is 0 Å². The molecule has 0 N–H and O–H groups in total. The minimum atomic E-state index is 0.238. The van der Waals surface area contributed by atoms with Gasteiger partial charge in [0.1, 0.15) is 0 Å². The van der Waals surface area contributed by atoms with Crippen molar-refractivity contribution >= 4 is 0 Å². The maximum absolute atomic E-state index is 4.00. The molecule has 0 heterocycles. The highest BCUT2D eigenvalue weighted by molar-refractivity contribution is 5.39. The first-order valence-electron chi connectivity index (χ1n) is 4.80. The minimum Gasteiger partial charge on any atom is -0.190 e. The number of allylic oxidation sites excluding steroid dienone is 5. The van der Waals surface area contributed by atoms with Gasteiger partial charge in [-0.2, -0.15) is 24.6 Å². The van der Waals surface area contributed by atoms with Gasteiger partial charge in [0.2, 0.25) is 0 Å². The number of rotatable bonds is 0. The Kier molecular flexibility index (Phi) is 2.70. The SMILES string of the molecule is C=C1[CH-]C=C(C(C)(C)C)C=C(C)C1. The van der Waals surface area contributed by atoms with Crippen molar-refractivity contribution in [2.75, 3.05) is 0 Å². The van der Waals surface area contributed by atoms with Crippen LogP contribution in [0.4, 0.5) is 0 Å². The summed E-state index contributed by atoms with van der Waals surface area (Å²) in [6.45, 7) is 12.9. The fraction of sp³-hybridized carbons (Fsp3) is 0.462. The van der Waals surface area contributed by atoms with Crippen LogP contribution in [0.3, 0.4) is 0 Å². The second kappa shape index (κ2) is 3.45. The molecule has 0 unspecified atom stereocenters. The van der Waals surface area contributed by atoms with Crippen LogP contribution >= 0.6 is 0 Å². The van der Waals surface area contributed by atoms with E-state index in [-0.39, 0.29) is 5.41 Å². The van der Waals surface area contributed by atoms with Crippen molar-refractivity contribution in [3.63, 3.8) is 0 Å². The zero-order valence-electron chi connectivity index (χ0n) is 9.15. The van der Waals surface area contributed by atoms with Gasteiger partial charge in [-0.15, -0.1) is 11.6 Å². The first-order chi connectivity index (χ1) is 5.89. The molecule has 0 atom stereocenters. The summed E-state index contributed by atoms with van der Waals surface area (Å²) >= 11 is 0. The summed E-state index contributed by atoms with van der Waals surface area (Å²) < 4.78 is 0. The third kappa shape index (κ3) is 2.80. The number of hydrogen-bond donors (Lipinski definition) is 0. The second-order valence-electron chi connectivity index (χ2n) is 4.86. The molecule has 1 aliphatic rings. The fourth-order valence-corrected chi connectivity index (χ4v) is 1.46. The molecule has 0 saturated carbocycles. The molecule has 0 amide bonds. The lowest BCUT2D eigenvalue weighted by atomic mass is 9.85. The molecule has 0 aromatic rings. The Labute approximate surface area is 82.0 Å². The van der Waals surface area contributed by atoms with E-state index in [0.717, 1.165) is 6.42 Å². The van der Waals surface area contributed by atoms with E-state index >= 15 is 0 Å². The molecule has 0 aromatic carbocycles. The maximum Gasteiger partial charge on any atom is -0.0307 e. The van der Waals surface area contributed by atoms with Gasteiger partial charge in [0.15, 0.2) is 0 Å². The zero-order valence-corrected chi connectivity index (χ0v) is 9.15. The van der Waals surface area contributed by atoms with E-state index in [1.165, 1.54) is 16.7 Å². The van der Waals surface area contributed by atoms with Crippen molar-refractivity contribution in [2.45, 2.75) is 34.1 Å². The summed E-state index contributed by atoms with van der Waals surface area (Å²) in [5, 5.41) is 0. The molecule has 13 heavy (non-hydrogen) atoms. The van der Waals surface area contributed by atoms with Crippen molar-refractivity contribution in [1.82, 2.24) is 0 Å². The molecule has 0 aromatic heterocycles. The molecule has 0 fully saturated rings. The minimum absolute atomic E-state index is 0.238. The summed E-state index contributed by atoms with van der Waals surface area (Å²) in [6, 6.07) is 0. The molecular weight excluding hydrogens is 156 g/mol. The lowest BCUT2D eigenvalue weighted by Crippen LogP contribution is -2.07. The summed E-state index contributed by atoms with van der Waals surface area (Å²) in [5.41, 5.74) is 4.24. The van der Waals surface area contributed by atoms with Crippen LogP contribution in [0.15, 0.2) is 35.5 Å². The van der Waals surface area contributed by atoms with Crippen LogP contribution in [0, 0.1) is 11.8 Å². The Bertz CT molecular complexity index is 269. The van der Waals surface area contributed by atoms with Gasteiger partial charge in [0.25, 0.3) is 0 Å². The molecule has 0 aliphatic heterocycles. The molecule has 0 spiro atoms. The van der Waals surface area contributed by atoms with E-state index < -0.39 is 0 Å². The van der Waals surface area contributed by atoms with Gasteiger partial charge >= 0.3 is 0 Å². The Hall–Kier alpha value is -0.910. The van der Waals surface area contributed by atoms with E-state index in [4.69, 9.17) is 0 Å². The second-order valence-corrected chi connectivity index (χ2v) is 4.86. The topological polar surface area (TPSA) is 0 Å². The average molecular weight is 175 g/mol. The summed E-state index contributed by atoms with van der Waals surface area (Å²) in [5.74, 6) is 0. The van der Waals surface area contributed by atoms with Gasteiger partial charge in [-0.1, -0.05) is 31.8 Å². The van der Waals surface area contributed by atoms with Crippen molar-refractivity contribution in [3.8, 4) is 0 Å². The smallest absolute Gasteiger partial charge is 0.0307 e. The Morgan fingerprint density at radius 1 is 1.38 bits per heavy atom. The molecule has 0 nitrogen and oxygen atoms in total. The Morgan fingerprint density at radius 3 is 2.54 bits per heavy atom. The highest BCUT2D eigenvalue weighted by atomic mass is 14.2. The van der Waals surface area contributed by atoms with Crippen LogP contribution in [-0.2, 0) is 0 Å². The van der Waals surface area contributed by atoms with Crippen molar-refractivity contribution in [1.29, 1.82) is 0 Å². The molecule has 0 saturated heterocycles. The van der Waals surface area contributed by atoms with Gasteiger partial charge in [0.05, 0.1) is 0 Å². The van der Waals surface area contributed by atoms with Crippen LogP contribution in [0.1, 0.15) is 34.1 Å².